The molecule has 8 aromatic carbocycles. The summed E-state index contributed by atoms with van der Waals surface area (Å²) in [5, 5.41) is 0. The SMILES string of the molecule is CC1(C)c2ccccc2-c2c(-c3ccc4c(c3)C3(c5ccccc5Oc5ccccc53)c3c(-c5nc(-c6ccccc6)nc(-c6ccccc6)n5)cccc3-4)nc(-c3ccccc3)nc21. The van der Waals surface area contributed by atoms with Crippen molar-refractivity contribution in [2.45, 2.75) is 24.7 Å². The van der Waals surface area contributed by atoms with Gasteiger partial charge < -0.3 is 4.74 Å². The fourth-order valence-electron chi connectivity index (χ4n) is 10.7. The molecule has 2 aliphatic carbocycles. The normalized spacial score (nSPS) is 14.1. The summed E-state index contributed by atoms with van der Waals surface area (Å²) in [6.45, 7) is 4.56. The lowest BCUT2D eigenvalue weighted by atomic mass is 9.64. The van der Waals surface area contributed by atoms with Gasteiger partial charge in [-0.25, -0.2) is 24.9 Å². The molecule has 0 fully saturated rings. The van der Waals surface area contributed by atoms with Gasteiger partial charge in [0.25, 0.3) is 0 Å². The Bertz CT molecular complexity index is 3450. The molecular formula is C59H39N5O. The minimum Gasteiger partial charge on any atom is -0.457 e. The monoisotopic (exact) mass is 833 g/mol. The molecule has 1 aliphatic heterocycles. The highest BCUT2D eigenvalue weighted by atomic mass is 16.5. The molecule has 0 atom stereocenters. The molecule has 6 nitrogen and oxygen atoms in total. The highest BCUT2D eigenvalue weighted by Gasteiger charge is 2.53. The molecule has 0 radical (unpaired) electrons. The summed E-state index contributed by atoms with van der Waals surface area (Å²) in [5.74, 6) is 4.15. The summed E-state index contributed by atoms with van der Waals surface area (Å²) in [5.41, 5.74) is 15.6. The minimum absolute atomic E-state index is 0.337. The first-order valence-corrected chi connectivity index (χ1v) is 22.1. The van der Waals surface area contributed by atoms with Crippen molar-refractivity contribution in [3.8, 4) is 90.6 Å². The van der Waals surface area contributed by atoms with Crippen LogP contribution in [-0.4, -0.2) is 24.9 Å². The van der Waals surface area contributed by atoms with E-state index in [-0.39, 0.29) is 5.41 Å². The van der Waals surface area contributed by atoms with Gasteiger partial charge in [-0.3, -0.25) is 0 Å². The number of fused-ring (bicyclic) bond motifs is 12. The van der Waals surface area contributed by atoms with Gasteiger partial charge in [-0.15, -0.1) is 0 Å². The molecule has 3 heterocycles. The quantitative estimate of drug-likeness (QED) is 0.172. The first-order valence-electron chi connectivity index (χ1n) is 22.1. The van der Waals surface area contributed by atoms with Crippen LogP contribution < -0.4 is 4.74 Å². The Kier molecular flexibility index (Phi) is 8.06. The van der Waals surface area contributed by atoms with E-state index in [0.29, 0.717) is 23.3 Å². The van der Waals surface area contributed by atoms with Crippen molar-refractivity contribution in [3.63, 3.8) is 0 Å². The van der Waals surface area contributed by atoms with E-state index in [1.165, 1.54) is 11.1 Å². The Morgan fingerprint density at radius 2 is 0.846 bits per heavy atom. The highest BCUT2D eigenvalue weighted by molar-refractivity contribution is 5.97. The van der Waals surface area contributed by atoms with Crippen molar-refractivity contribution in [1.29, 1.82) is 0 Å². The molecule has 306 valence electrons. The van der Waals surface area contributed by atoms with Crippen LogP contribution in [0.4, 0.5) is 0 Å². The average molecular weight is 834 g/mol. The van der Waals surface area contributed by atoms with E-state index in [1.54, 1.807) is 0 Å². The molecule has 65 heavy (non-hydrogen) atoms. The van der Waals surface area contributed by atoms with E-state index in [9.17, 15) is 0 Å². The van der Waals surface area contributed by atoms with Gasteiger partial charge in [-0.05, 0) is 51.6 Å². The van der Waals surface area contributed by atoms with E-state index in [2.05, 4.69) is 172 Å². The zero-order valence-corrected chi connectivity index (χ0v) is 35.7. The molecule has 0 unspecified atom stereocenters. The fourth-order valence-corrected chi connectivity index (χ4v) is 10.7. The van der Waals surface area contributed by atoms with E-state index < -0.39 is 5.41 Å². The highest BCUT2D eigenvalue weighted by Crippen LogP contribution is 2.64. The Hall–Kier alpha value is -8.35. The molecular weight excluding hydrogens is 795 g/mol. The van der Waals surface area contributed by atoms with Crippen molar-refractivity contribution in [1.82, 2.24) is 24.9 Å². The Morgan fingerprint density at radius 1 is 0.354 bits per heavy atom. The summed E-state index contributed by atoms with van der Waals surface area (Å²) < 4.78 is 6.83. The lowest BCUT2D eigenvalue weighted by molar-refractivity contribution is 0.436. The summed E-state index contributed by atoms with van der Waals surface area (Å²) in [6.07, 6.45) is 0. The van der Waals surface area contributed by atoms with Crippen LogP contribution in [-0.2, 0) is 10.8 Å². The van der Waals surface area contributed by atoms with E-state index in [0.717, 1.165) is 89.6 Å². The smallest absolute Gasteiger partial charge is 0.164 e. The van der Waals surface area contributed by atoms with Crippen molar-refractivity contribution in [2.24, 2.45) is 0 Å². The minimum atomic E-state index is -0.842. The molecule has 1 spiro atoms. The number of aromatic nitrogens is 5. The van der Waals surface area contributed by atoms with Crippen molar-refractivity contribution in [2.75, 3.05) is 0 Å². The standard InChI is InChI=1S/C59H39N5O/c1-58(2)44-28-13-12-25-42(44)50-52(60-54(61-53(50)58)36-19-6-3-7-20-36)39-33-34-40-41-26-18-27-43(57-63-55(37-21-8-4-9-22-37)62-56(64-57)38-23-10-5-11-24-38)51(41)59(47(40)35-39)45-29-14-16-31-48(45)65-49-32-17-15-30-46(49)59/h3-35H,1-2H3. The summed E-state index contributed by atoms with van der Waals surface area (Å²) in [4.78, 5) is 26.7. The molecule has 3 aliphatic rings. The lowest BCUT2D eigenvalue weighted by Gasteiger charge is -2.40. The third kappa shape index (κ3) is 5.44. The molecule has 0 saturated carbocycles. The Morgan fingerprint density at radius 3 is 1.46 bits per heavy atom. The summed E-state index contributed by atoms with van der Waals surface area (Å²) >= 11 is 0. The van der Waals surface area contributed by atoms with Gasteiger partial charge in [0.2, 0.25) is 0 Å². The summed E-state index contributed by atoms with van der Waals surface area (Å²) in [6, 6.07) is 69.9. The van der Waals surface area contributed by atoms with Crippen LogP contribution in [0.2, 0.25) is 0 Å². The van der Waals surface area contributed by atoms with Gasteiger partial charge in [0, 0.05) is 49.9 Å². The second kappa shape index (κ2) is 14.1. The number of hydrogen-bond donors (Lipinski definition) is 0. The van der Waals surface area contributed by atoms with Crippen LogP contribution in [0.25, 0.3) is 79.1 Å². The molecule has 0 saturated heterocycles. The third-order valence-electron chi connectivity index (χ3n) is 13.6. The van der Waals surface area contributed by atoms with Gasteiger partial charge in [0.15, 0.2) is 23.3 Å². The molecule has 0 bridgehead atoms. The van der Waals surface area contributed by atoms with Gasteiger partial charge in [0.1, 0.15) is 11.5 Å². The predicted molar refractivity (Wildman–Crippen MR) is 258 cm³/mol. The second-order valence-corrected chi connectivity index (χ2v) is 17.5. The van der Waals surface area contributed by atoms with Crippen LogP contribution in [0, 0.1) is 0 Å². The first-order chi connectivity index (χ1) is 32.0. The van der Waals surface area contributed by atoms with E-state index >= 15 is 0 Å². The number of para-hydroxylation sites is 2. The molecule has 0 N–H and O–H groups in total. The van der Waals surface area contributed by atoms with Gasteiger partial charge >= 0.3 is 0 Å². The molecule has 10 aromatic rings. The first kappa shape index (κ1) is 37.2. The fraction of sp³-hybridized carbons (Fsp3) is 0.0678. The Labute approximate surface area is 377 Å². The van der Waals surface area contributed by atoms with E-state index in [4.69, 9.17) is 29.7 Å². The van der Waals surface area contributed by atoms with E-state index in [1.807, 2.05) is 42.5 Å². The molecule has 6 heteroatoms. The second-order valence-electron chi connectivity index (χ2n) is 17.5. The number of rotatable bonds is 5. The largest absolute Gasteiger partial charge is 0.457 e. The topological polar surface area (TPSA) is 73.7 Å². The number of nitrogens with zero attached hydrogens (tertiary/aromatic N) is 5. The predicted octanol–water partition coefficient (Wildman–Crippen LogP) is 13.8. The lowest BCUT2D eigenvalue weighted by Crippen LogP contribution is -2.32. The maximum Gasteiger partial charge on any atom is 0.164 e. The van der Waals surface area contributed by atoms with Gasteiger partial charge in [-0.2, -0.15) is 0 Å². The van der Waals surface area contributed by atoms with Crippen molar-refractivity contribution < 1.29 is 4.74 Å². The van der Waals surface area contributed by atoms with Crippen LogP contribution in [0.3, 0.4) is 0 Å². The molecule has 13 rings (SSSR count). The maximum atomic E-state index is 6.83. The van der Waals surface area contributed by atoms with Gasteiger partial charge in [0.05, 0.1) is 16.8 Å². The molecule has 0 amide bonds. The third-order valence-corrected chi connectivity index (χ3v) is 13.6. The average Bonchev–Trinajstić information content (AvgIpc) is 3.79. The van der Waals surface area contributed by atoms with Crippen molar-refractivity contribution >= 4 is 0 Å². The number of hydrogen-bond acceptors (Lipinski definition) is 6. The number of ether oxygens (including phenoxy) is 1. The van der Waals surface area contributed by atoms with Crippen LogP contribution in [0.15, 0.2) is 200 Å². The zero-order chi connectivity index (χ0) is 43.3. The van der Waals surface area contributed by atoms with Crippen LogP contribution in [0.5, 0.6) is 11.5 Å². The summed E-state index contributed by atoms with van der Waals surface area (Å²) in [7, 11) is 0. The van der Waals surface area contributed by atoms with Crippen molar-refractivity contribution in [3.05, 3.63) is 234 Å². The molecule has 2 aromatic heterocycles. The maximum absolute atomic E-state index is 6.83. The number of benzene rings is 8. The van der Waals surface area contributed by atoms with Crippen LogP contribution in [0.1, 0.15) is 47.4 Å². The zero-order valence-electron chi connectivity index (χ0n) is 35.7. The Balaban J connectivity index is 1.13. The van der Waals surface area contributed by atoms with Gasteiger partial charge in [-0.1, -0.05) is 196 Å². The van der Waals surface area contributed by atoms with Crippen LogP contribution >= 0.6 is 0 Å².